The van der Waals surface area contributed by atoms with E-state index in [-0.39, 0.29) is 17.6 Å². The maximum absolute atomic E-state index is 12.2. The molecule has 1 aliphatic heterocycles. The molecule has 0 unspecified atom stereocenters. The third kappa shape index (κ3) is 3.05. The van der Waals surface area contributed by atoms with Crippen LogP contribution in [0, 0.1) is 5.92 Å². The Morgan fingerprint density at radius 3 is 2.71 bits per heavy atom. The van der Waals surface area contributed by atoms with Gasteiger partial charge in [0.25, 0.3) is 0 Å². The maximum Gasteiger partial charge on any atom is 0.371 e. The van der Waals surface area contributed by atoms with E-state index in [9.17, 15) is 9.59 Å². The second-order valence-electron chi connectivity index (χ2n) is 5.04. The van der Waals surface area contributed by atoms with E-state index in [0.29, 0.717) is 16.7 Å². The molecule has 2 N–H and O–H groups in total. The second-order valence-corrected chi connectivity index (χ2v) is 6.27. The van der Waals surface area contributed by atoms with E-state index in [1.54, 1.807) is 18.2 Å². The van der Waals surface area contributed by atoms with Crippen molar-refractivity contribution in [1.29, 1.82) is 0 Å². The van der Waals surface area contributed by atoms with Crippen LogP contribution in [-0.2, 0) is 4.79 Å². The number of furan rings is 1. The lowest BCUT2D eigenvalue weighted by Crippen LogP contribution is -2.26. The van der Waals surface area contributed by atoms with Crippen molar-refractivity contribution in [3.8, 4) is 0 Å². The standard InChI is InChI=1S/C15H15NO4S/c17-14(9-3-5-21-6-4-9)16-11-1-2-12-10(7-11)8-13(20-12)15(18)19/h1-2,7-9H,3-6H2,(H,16,17)(H,18,19). The first kappa shape index (κ1) is 14.0. The summed E-state index contributed by atoms with van der Waals surface area (Å²) in [5.74, 6) is 0.966. The molecule has 1 aromatic heterocycles. The summed E-state index contributed by atoms with van der Waals surface area (Å²) in [6, 6.07) is 6.60. The van der Waals surface area contributed by atoms with Crippen molar-refractivity contribution >= 4 is 40.3 Å². The number of anilines is 1. The smallest absolute Gasteiger partial charge is 0.371 e. The number of carbonyl (C=O) groups excluding carboxylic acids is 1. The maximum atomic E-state index is 12.2. The molecule has 0 spiro atoms. The Labute approximate surface area is 125 Å². The molecule has 2 heterocycles. The molecule has 6 heteroatoms. The SMILES string of the molecule is O=C(O)c1cc2cc(NC(=O)C3CCSCC3)ccc2o1. The highest BCUT2D eigenvalue weighted by molar-refractivity contribution is 7.99. The van der Waals surface area contributed by atoms with Crippen molar-refractivity contribution in [3.05, 3.63) is 30.0 Å². The number of nitrogens with one attached hydrogen (secondary N) is 1. The van der Waals surface area contributed by atoms with Gasteiger partial charge in [-0.15, -0.1) is 0 Å². The van der Waals surface area contributed by atoms with E-state index in [0.717, 1.165) is 24.3 Å². The van der Waals surface area contributed by atoms with Crippen molar-refractivity contribution in [3.63, 3.8) is 0 Å². The highest BCUT2D eigenvalue weighted by Gasteiger charge is 2.21. The van der Waals surface area contributed by atoms with Crippen molar-refractivity contribution < 1.29 is 19.1 Å². The van der Waals surface area contributed by atoms with Crippen LogP contribution in [0.25, 0.3) is 11.0 Å². The average molecular weight is 305 g/mol. The lowest BCUT2D eigenvalue weighted by molar-refractivity contribution is -0.120. The van der Waals surface area contributed by atoms with Crippen molar-refractivity contribution in [2.45, 2.75) is 12.8 Å². The Hall–Kier alpha value is -1.95. The van der Waals surface area contributed by atoms with Gasteiger partial charge in [-0.05, 0) is 48.6 Å². The number of hydrogen-bond donors (Lipinski definition) is 2. The molecule has 5 nitrogen and oxygen atoms in total. The van der Waals surface area contributed by atoms with Gasteiger partial charge in [-0.1, -0.05) is 0 Å². The third-order valence-corrected chi connectivity index (χ3v) is 4.64. The van der Waals surface area contributed by atoms with Gasteiger partial charge in [-0.25, -0.2) is 4.79 Å². The summed E-state index contributed by atoms with van der Waals surface area (Å²) in [7, 11) is 0. The molecular weight excluding hydrogens is 290 g/mol. The van der Waals surface area contributed by atoms with E-state index >= 15 is 0 Å². The summed E-state index contributed by atoms with van der Waals surface area (Å²) in [6.45, 7) is 0. The monoisotopic (exact) mass is 305 g/mol. The minimum atomic E-state index is -1.10. The van der Waals surface area contributed by atoms with Gasteiger partial charge < -0.3 is 14.8 Å². The first-order valence-electron chi connectivity index (χ1n) is 6.79. The van der Waals surface area contributed by atoms with Crippen LogP contribution in [0.3, 0.4) is 0 Å². The Balaban J connectivity index is 1.77. The zero-order valence-electron chi connectivity index (χ0n) is 11.3. The van der Waals surface area contributed by atoms with Crippen molar-refractivity contribution in [2.24, 2.45) is 5.92 Å². The van der Waals surface area contributed by atoms with Crippen LogP contribution in [0.2, 0.25) is 0 Å². The Bertz CT molecular complexity index is 688. The van der Waals surface area contributed by atoms with Crippen LogP contribution in [0.4, 0.5) is 5.69 Å². The average Bonchev–Trinajstić information content (AvgIpc) is 2.91. The number of benzene rings is 1. The molecule has 110 valence electrons. The predicted molar refractivity (Wildman–Crippen MR) is 81.9 cm³/mol. The summed E-state index contributed by atoms with van der Waals surface area (Å²) < 4.78 is 5.19. The summed E-state index contributed by atoms with van der Waals surface area (Å²) in [5.41, 5.74) is 1.17. The second kappa shape index (κ2) is 5.81. The quantitative estimate of drug-likeness (QED) is 0.910. The number of carboxylic acids is 1. The third-order valence-electron chi connectivity index (χ3n) is 3.59. The molecule has 1 fully saturated rings. The fourth-order valence-corrected chi connectivity index (χ4v) is 3.54. The first-order valence-corrected chi connectivity index (χ1v) is 7.94. The van der Waals surface area contributed by atoms with Gasteiger partial charge in [0.2, 0.25) is 11.7 Å². The number of carbonyl (C=O) groups is 2. The highest BCUT2D eigenvalue weighted by atomic mass is 32.2. The van der Waals surface area contributed by atoms with Crippen LogP contribution < -0.4 is 5.32 Å². The van der Waals surface area contributed by atoms with Crippen LogP contribution in [0.5, 0.6) is 0 Å². The van der Waals surface area contributed by atoms with E-state index < -0.39 is 5.97 Å². The van der Waals surface area contributed by atoms with Crippen LogP contribution >= 0.6 is 11.8 Å². The minimum Gasteiger partial charge on any atom is -0.475 e. The zero-order chi connectivity index (χ0) is 14.8. The molecule has 0 aliphatic carbocycles. The van der Waals surface area contributed by atoms with Crippen molar-refractivity contribution in [1.82, 2.24) is 0 Å². The van der Waals surface area contributed by atoms with Gasteiger partial charge in [0, 0.05) is 17.0 Å². The van der Waals surface area contributed by atoms with Crippen LogP contribution in [0.1, 0.15) is 23.4 Å². The molecule has 0 radical (unpaired) electrons. The van der Waals surface area contributed by atoms with Gasteiger partial charge in [-0.3, -0.25) is 4.79 Å². The molecule has 0 bridgehead atoms. The normalized spacial score (nSPS) is 16.0. The van der Waals surface area contributed by atoms with E-state index in [1.165, 1.54) is 6.07 Å². The van der Waals surface area contributed by atoms with Gasteiger partial charge in [-0.2, -0.15) is 11.8 Å². The number of fused-ring (bicyclic) bond motifs is 1. The van der Waals surface area contributed by atoms with Crippen LogP contribution in [0.15, 0.2) is 28.7 Å². The van der Waals surface area contributed by atoms with Gasteiger partial charge in [0.15, 0.2) is 0 Å². The Morgan fingerprint density at radius 2 is 2.00 bits per heavy atom. The summed E-state index contributed by atoms with van der Waals surface area (Å²) >= 11 is 1.88. The number of thioether (sulfide) groups is 1. The van der Waals surface area contributed by atoms with Crippen molar-refractivity contribution in [2.75, 3.05) is 16.8 Å². The number of carboxylic acid groups (broad SMARTS) is 1. The summed E-state index contributed by atoms with van der Waals surface area (Å²) in [6.07, 6.45) is 1.82. The minimum absolute atomic E-state index is 0.0385. The topological polar surface area (TPSA) is 79.5 Å². The summed E-state index contributed by atoms with van der Waals surface area (Å²) in [4.78, 5) is 23.1. The lowest BCUT2D eigenvalue weighted by Gasteiger charge is -2.20. The molecule has 0 atom stereocenters. The molecule has 1 aromatic carbocycles. The summed E-state index contributed by atoms with van der Waals surface area (Å²) in [5, 5.41) is 12.5. The number of amides is 1. The number of hydrogen-bond acceptors (Lipinski definition) is 4. The first-order chi connectivity index (χ1) is 10.1. The number of rotatable bonds is 3. The highest BCUT2D eigenvalue weighted by Crippen LogP contribution is 2.26. The molecule has 1 saturated heterocycles. The molecule has 1 amide bonds. The molecule has 0 saturated carbocycles. The number of aromatic carboxylic acids is 1. The van der Waals surface area contributed by atoms with Crippen LogP contribution in [-0.4, -0.2) is 28.5 Å². The largest absolute Gasteiger partial charge is 0.475 e. The fourth-order valence-electron chi connectivity index (χ4n) is 2.43. The van der Waals surface area contributed by atoms with E-state index in [2.05, 4.69) is 5.32 Å². The predicted octanol–water partition coefficient (Wildman–Crippen LogP) is 3.21. The van der Waals surface area contributed by atoms with Gasteiger partial charge in [0.1, 0.15) is 5.58 Å². The van der Waals surface area contributed by atoms with Gasteiger partial charge in [0.05, 0.1) is 0 Å². The Morgan fingerprint density at radius 1 is 1.24 bits per heavy atom. The van der Waals surface area contributed by atoms with Gasteiger partial charge >= 0.3 is 5.97 Å². The molecule has 21 heavy (non-hydrogen) atoms. The lowest BCUT2D eigenvalue weighted by atomic mass is 10.0. The Kier molecular flexibility index (Phi) is 3.88. The molecule has 1 aliphatic rings. The molecule has 3 rings (SSSR count). The fraction of sp³-hybridized carbons (Fsp3) is 0.333. The zero-order valence-corrected chi connectivity index (χ0v) is 12.1. The molecule has 2 aromatic rings. The van der Waals surface area contributed by atoms with E-state index in [1.807, 2.05) is 11.8 Å². The van der Waals surface area contributed by atoms with E-state index in [4.69, 9.17) is 9.52 Å². The molecular formula is C15H15NO4S.